The largest absolute Gasteiger partial charge is 0.378 e. The molecule has 2 aliphatic rings. The van der Waals surface area contributed by atoms with Crippen LogP contribution in [0.3, 0.4) is 0 Å². The molecule has 6 nitrogen and oxygen atoms in total. The monoisotopic (exact) mass is 360 g/mol. The van der Waals surface area contributed by atoms with E-state index in [1.54, 1.807) is 0 Å². The van der Waals surface area contributed by atoms with E-state index in [9.17, 15) is 4.79 Å². The molecule has 1 fully saturated rings. The summed E-state index contributed by atoms with van der Waals surface area (Å²) in [5.74, 6) is 0.772. The minimum Gasteiger partial charge on any atom is -0.378 e. The molecule has 2 aromatic carbocycles. The van der Waals surface area contributed by atoms with Gasteiger partial charge in [-0.1, -0.05) is 36.4 Å². The molecule has 0 unspecified atom stereocenters. The van der Waals surface area contributed by atoms with Gasteiger partial charge in [0.2, 0.25) is 5.95 Å². The van der Waals surface area contributed by atoms with Gasteiger partial charge >= 0.3 is 0 Å². The SMILES string of the molecule is O=C(c1cccc2ccccc12)N1Cc2cnc(N3CCOCC3)nc2C1. The van der Waals surface area contributed by atoms with Crippen LogP contribution in [0.15, 0.2) is 48.7 Å². The maximum Gasteiger partial charge on any atom is 0.255 e. The highest BCUT2D eigenvalue weighted by Gasteiger charge is 2.28. The molecule has 0 radical (unpaired) electrons. The second kappa shape index (κ2) is 6.63. The van der Waals surface area contributed by atoms with E-state index in [1.807, 2.05) is 53.6 Å². The zero-order valence-electron chi connectivity index (χ0n) is 15.0. The quantitative estimate of drug-likeness (QED) is 0.703. The molecular weight excluding hydrogens is 340 g/mol. The second-order valence-electron chi connectivity index (χ2n) is 6.93. The number of amides is 1. The summed E-state index contributed by atoms with van der Waals surface area (Å²) in [4.78, 5) is 26.4. The highest BCUT2D eigenvalue weighted by molar-refractivity contribution is 6.07. The summed E-state index contributed by atoms with van der Waals surface area (Å²) in [5.41, 5.74) is 2.71. The second-order valence-corrected chi connectivity index (χ2v) is 6.93. The molecule has 0 spiro atoms. The Labute approximate surface area is 157 Å². The highest BCUT2D eigenvalue weighted by atomic mass is 16.5. The Morgan fingerprint density at radius 3 is 2.70 bits per heavy atom. The number of carbonyl (C=O) groups excluding carboxylic acids is 1. The van der Waals surface area contributed by atoms with Gasteiger partial charge in [-0.2, -0.15) is 0 Å². The fourth-order valence-corrected chi connectivity index (χ4v) is 3.78. The van der Waals surface area contributed by atoms with E-state index < -0.39 is 0 Å². The summed E-state index contributed by atoms with van der Waals surface area (Å²) in [5, 5.41) is 2.07. The van der Waals surface area contributed by atoms with E-state index in [0.717, 1.165) is 46.6 Å². The van der Waals surface area contributed by atoms with Crippen molar-refractivity contribution in [3.8, 4) is 0 Å². The number of hydrogen-bond donors (Lipinski definition) is 0. The van der Waals surface area contributed by atoms with Gasteiger partial charge in [-0.15, -0.1) is 0 Å². The zero-order valence-corrected chi connectivity index (χ0v) is 15.0. The molecular formula is C21H20N4O2. The number of carbonyl (C=O) groups is 1. The summed E-state index contributed by atoms with van der Waals surface area (Å²) in [6.45, 7) is 4.09. The molecule has 27 heavy (non-hydrogen) atoms. The molecule has 1 amide bonds. The van der Waals surface area contributed by atoms with E-state index >= 15 is 0 Å². The molecule has 2 aliphatic heterocycles. The minimum absolute atomic E-state index is 0.0396. The highest BCUT2D eigenvalue weighted by Crippen LogP contribution is 2.27. The Kier molecular flexibility index (Phi) is 3.98. The van der Waals surface area contributed by atoms with E-state index in [1.165, 1.54) is 0 Å². The van der Waals surface area contributed by atoms with Gasteiger partial charge in [-0.25, -0.2) is 9.97 Å². The molecule has 0 bridgehead atoms. The lowest BCUT2D eigenvalue weighted by atomic mass is 10.0. The van der Waals surface area contributed by atoms with Crippen LogP contribution in [0, 0.1) is 0 Å². The van der Waals surface area contributed by atoms with Crippen LogP contribution in [-0.2, 0) is 17.8 Å². The van der Waals surface area contributed by atoms with Crippen LogP contribution in [0.1, 0.15) is 21.6 Å². The molecule has 0 atom stereocenters. The van der Waals surface area contributed by atoms with Gasteiger partial charge in [0.05, 0.1) is 25.5 Å². The molecule has 136 valence electrons. The summed E-state index contributed by atoms with van der Waals surface area (Å²) in [7, 11) is 0. The van der Waals surface area contributed by atoms with Crippen LogP contribution < -0.4 is 4.90 Å². The van der Waals surface area contributed by atoms with Crippen LogP contribution in [0.2, 0.25) is 0 Å². The number of fused-ring (bicyclic) bond motifs is 2. The fourth-order valence-electron chi connectivity index (χ4n) is 3.78. The average molecular weight is 360 g/mol. The topological polar surface area (TPSA) is 58.6 Å². The Hall–Kier alpha value is -2.99. The van der Waals surface area contributed by atoms with E-state index in [4.69, 9.17) is 9.72 Å². The molecule has 0 aliphatic carbocycles. The van der Waals surface area contributed by atoms with Gasteiger partial charge in [0.1, 0.15) is 0 Å². The predicted octanol–water partition coefficient (Wildman–Crippen LogP) is 2.62. The standard InChI is InChI=1S/C21H20N4O2/c26-20(18-7-3-5-15-4-1-2-6-17(15)18)25-13-16-12-22-21(23-19(16)14-25)24-8-10-27-11-9-24/h1-7,12H,8-11,13-14H2. The number of hydrogen-bond acceptors (Lipinski definition) is 5. The van der Waals surface area contributed by atoms with Crippen molar-refractivity contribution in [3.05, 3.63) is 65.5 Å². The zero-order chi connectivity index (χ0) is 18.2. The van der Waals surface area contributed by atoms with E-state index in [-0.39, 0.29) is 5.91 Å². The van der Waals surface area contributed by atoms with Crippen LogP contribution in [-0.4, -0.2) is 47.1 Å². The number of aromatic nitrogens is 2. The molecule has 0 N–H and O–H groups in total. The van der Waals surface area contributed by atoms with Crippen LogP contribution in [0.5, 0.6) is 0 Å². The fraction of sp³-hybridized carbons (Fsp3) is 0.286. The number of morpholine rings is 1. The molecule has 1 saturated heterocycles. The number of anilines is 1. The van der Waals surface area contributed by atoms with Gasteiger partial charge < -0.3 is 14.5 Å². The van der Waals surface area contributed by atoms with Crippen LogP contribution >= 0.6 is 0 Å². The van der Waals surface area contributed by atoms with Crippen molar-refractivity contribution in [2.75, 3.05) is 31.2 Å². The first-order chi connectivity index (χ1) is 13.3. The molecule has 3 aromatic rings. The lowest BCUT2D eigenvalue weighted by Gasteiger charge is -2.26. The Morgan fingerprint density at radius 1 is 1.00 bits per heavy atom. The summed E-state index contributed by atoms with van der Waals surface area (Å²) in [6.07, 6.45) is 1.86. The molecule has 1 aromatic heterocycles. The first-order valence-electron chi connectivity index (χ1n) is 9.24. The van der Waals surface area contributed by atoms with Crippen LogP contribution in [0.25, 0.3) is 10.8 Å². The van der Waals surface area contributed by atoms with Gasteiger partial charge in [0.25, 0.3) is 5.91 Å². The first kappa shape index (κ1) is 16.2. The summed E-state index contributed by atoms with van der Waals surface area (Å²) in [6, 6.07) is 13.9. The van der Waals surface area contributed by atoms with Crippen molar-refractivity contribution in [1.82, 2.24) is 14.9 Å². The number of benzene rings is 2. The van der Waals surface area contributed by atoms with Crippen molar-refractivity contribution in [2.24, 2.45) is 0 Å². The molecule has 6 heteroatoms. The van der Waals surface area contributed by atoms with Crippen molar-refractivity contribution in [3.63, 3.8) is 0 Å². The average Bonchev–Trinajstić information content (AvgIpc) is 3.17. The number of nitrogens with zero attached hydrogens (tertiary/aromatic N) is 4. The van der Waals surface area contributed by atoms with E-state index in [2.05, 4.69) is 9.88 Å². The maximum absolute atomic E-state index is 13.2. The number of rotatable bonds is 2. The normalized spacial score (nSPS) is 16.6. The third-order valence-corrected chi connectivity index (χ3v) is 5.24. The van der Waals surface area contributed by atoms with Crippen molar-refractivity contribution in [2.45, 2.75) is 13.1 Å². The van der Waals surface area contributed by atoms with Crippen molar-refractivity contribution in [1.29, 1.82) is 0 Å². The summed E-state index contributed by atoms with van der Waals surface area (Å²) >= 11 is 0. The van der Waals surface area contributed by atoms with Gasteiger partial charge in [0.15, 0.2) is 0 Å². The summed E-state index contributed by atoms with van der Waals surface area (Å²) < 4.78 is 5.40. The van der Waals surface area contributed by atoms with Gasteiger partial charge in [0, 0.05) is 37.0 Å². The Morgan fingerprint density at radius 2 is 1.81 bits per heavy atom. The Bertz CT molecular complexity index is 1010. The third-order valence-electron chi connectivity index (χ3n) is 5.24. The first-order valence-corrected chi connectivity index (χ1v) is 9.24. The Balaban J connectivity index is 1.41. The van der Waals surface area contributed by atoms with Crippen molar-refractivity contribution < 1.29 is 9.53 Å². The van der Waals surface area contributed by atoms with E-state index in [0.29, 0.717) is 26.3 Å². The van der Waals surface area contributed by atoms with Crippen molar-refractivity contribution >= 4 is 22.6 Å². The predicted molar refractivity (Wildman–Crippen MR) is 103 cm³/mol. The smallest absolute Gasteiger partial charge is 0.255 e. The molecule has 5 rings (SSSR count). The minimum atomic E-state index is 0.0396. The molecule has 0 saturated carbocycles. The molecule has 3 heterocycles. The lowest BCUT2D eigenvalue weighted by molar-refractivity contribution is 0.0752. The number of ether oxygens (including phenoxy) is 1. The maximum atomic E-state index is 13.2. The lowest BCUT2D eigenvalue weighted by Crippen LogP contribution is -2.37. The van der Waals surface area contributed by atoms with Gasteiger partial charge in [-0.3, -0.25) is 4.79 Å². The van der Waals surface area contributed by atoms with Crippen LogP contribution in [0.4, 0.5) is 5.95 Å². The van der Waals surface area contributed by atoms with Gasteiger partial charge in [-0.05, 0) is 16.8 Å². The third kappa shape index (κ3) is 2.92.